The largest absolute Gasteiger partial charge is 0.378 e. The summed E-state index contributed by atoms with van der Waals surface area (Å²) in [5, 5.41) is 3.80. The lowest BCUT2D eigenvalue weighted by Crippen LogP contribution is -2.50. The van der Waals surface area contributed by atoms with Crippen molar-refractivity contribution in [3.05, 3.63) is 35.9 Å². The topological polar surface area (TPSA) is 62.9 Å². The highest BCUT2D eigenvalue weighted by atomic mass is 127. The summed E-state index contributed by atoms with van der Waals surface area (Å²) >= 11 is 0. The van der Waals surface area contributed by atoms with Crippen LogP contribution in [0.5, 0.6) is 0 Å². The van der Waals surface area contributed by atoms with Crippen molar-refractivity contribution in [1.29, 1.82) is 0 Å². The van der Waals surface area contributed by atoms with Gasteiger partial charge in [-0.1, -0.05) is 44.2 Å². The van der Waals surface area contributed by atoms with E-state index in [4.69, 9.17) is 15.5 Å². The Labute approximate surface area is 169 Å². The van der Waals surface area contributed by atoms with Crippen molar-refractivity contribution < 1.29 is 4.74 Å². The number of halogens is 1. The van der Waals surface area contributed by atoms with E-state index in [0.29, 0.717) is 12.5 Å². The zero-order valence-corrected chi connectivity index (χ0v) is 18.0. The van der Waals surface area contributed by atoms with E-state index in [-0.39, 0.29) is 35.6 Å². The van der Waals surface area contributed by atoms with Gasteiger partial charge in [-0.15, -0.1) is 24.0 Å². The van der Waals surface area contributed by atoms with Crippen LogP contribution >= 0.6 is 24.0 Å². The van der Waals surface area contributed by atoms with Crippen LogP contribution in [0.4, 0.5) is 0 Å². The fraction of sp³-hybridized carbons (Fsp3) is 0.632. The summed E-state index contributed by atoms with van der Waals surface area (Å²) in [6, 6.07) is 10.8. The maximum atomic E-state index is 6.20. The van der Waals surface area contributed by atoms with Crippen molar-refractivity contribution >= 4 is 29.9 Å². The molecule has 1 atom stereocenters. The molecule has 2 rings (SSSR count). The number of benzene rings is 1. The zero-order chi connectivity index (χ0) is 17.4. The Bertz CT molecular complexity index is 513. The average molecular weight is 460 g/mol. The number of nitrogens with one attached hydrogen (secondary N) is 1. The Kier molecular flexibility index (Phi) is 9.74. The van der Waals surface area contributed by atoms with Gasteiger partial charge < -0.3 is 20.7 Å². The van der Waals surface area contributed by atoms with Crippen LogP contribution in [0.3, 0.4) is 0 Å². The van der Waals surface area contributed by atoms with E-state index in [2.05, 4.69) is 61.3 Å². The molecule has 3 N–H and O–H groups in total. The minimum Gasteiger partial charge on any atom is -0.378 e. The molecule has 1 aliphatic rings. The number of aliphatic imine (C=N–C) groups is 1. The SMILES string of the molecule is CCC(CC)(CN=C(N)N1CCOCC1)NC(C)c1ccccc1.I. The first-order valence-electron chi connectivity index (χ1n) is 9.05. The van der Waals surface area contributed by atoms with Gasteiger partial charge >= 0.3 is 0 Å². The monoisotopic (exact) mass is 460 g/mol. The molecule has 142 valence electrons. The number of nitrogens with zero attached hydrogens (tertiary/aromatic N) is 2. The summed E-state index contributed by atoms with van der Waals surface area (Å²) in [4.78, 5) is 6.82. The molecule has 1 unspecified atom stereocenters. The summed E-state index contributed by atoms with van der Waals surface area (Å²) < 4.78 is 5.37. The summed E-state index contributed by atoms with van der Waals surface area (Å²) in [6.45, 7) is 10.5. The highest BCUT2D eigenvalue weighted by molar-refractivity contribution is 14.0. The zero-order valence-electron chi connectivity index (χ0n) is 15.7. The minimum atomic E-state index is -0.0356. The Morgan fingerprint density at radius 2 is 1.84 bits per heavy atom. The van der Waals surface area contributed by atoms with Gasteiger partial charge in [-0.3, -0.25) is 4.99 Å². The summed E-state index contributed by atoms with van der Waals surface area (Å²) in [6.07, 6.45) is 2.03. The van der Waals surface area contributed by atoms with Crippen molar-refractivity contribution in [1.82, 2.24) is 10.2 Å². The van der Waals surface area contributed by atoms with E-state index < -0.39 is 0 Å². The quantitative estimate of drug-likeness (QED) is 0.373. The van der Waals surface area contributed by atoms with Crippen LogP contribution in [0.1, 0.15) is 45.2 Å². The lowest BCUT2D eigenvalue weighted by Gasteiger charge is -2.36. The molecular formula is C19H33IN4O. The third-order valence-electron chi connectivity index (χ3n) is 5.05. The van der Waals surface area contributed by atoms with Gasteiger partial charge in [0, 0.05) is 24.7 Å². The van der Waals surface area contributed by atoms with Crippen LogP contribution in [-0.4, -0.2) is 49.2 Å². The molecule has 0 radical (unpaired) electrons. The van der Waals surface area contributed by atoms with Crippen molar-refractivity contribution in [3.8, 4) is 0 Å². The maximum Gasteiger partial charge on any atom is 0.191 e. The molecule has 5 nitrogen and oxygen atoms in total. The molecular weight excluding hydrogens is 427 g/mol. The molecule has 0 aliphatic carbocycles. The summed E-state index contributed by atoms with van der Waals surface area (Å²) in [7, 11) is 0. The first-order valence-corrected chi connectivity index (χ1v) is 9.05. The van der Waals surface area contributed by atoms with Crippen molar-refractivity contribution in [2.24, 2.45) is 10.7 Å². The molecule has 0 spiro atoms. The first kappa shape index (κ1) is 22.2. The van der Waals surface area contributed by atoms with E-state index in [1.165, 1.54) is 5.56 Å². The molecule has 25 heavy (non-hydrogen) atoms. The first-order chi connectivity index (χ1) is 11.6. The number of nitrogens with two attached hydrogens (primary N) is 1. The van der Waals surface area contributed by atoms with Gasteiger partial charge in [-0.25, -0.2) is 0 Å². The number of guanidine groups is 1. The second kappa shape index (κ2) is 11.0. The van der Waals surface area contributed by atoms with Gasteiger partial charge in [0.2, 0.25) is 0 Å². The molecule has 1 saturated heterocycles. The lowest BCUT2D eigenvalue weighted by molar-refractivity contribution is 0.0673. The number of hydrogen-bond donors (Lipinski definition) is 2. The smallest absolute Gasteiger partial charge is 0.191 e. The predicted molar refractivity (Wildman–Crippen MR) is 116 cm³/mol. The molecule has 1 aromatic rings. The third-order valence-corrected chi connectivity index (χ3v) is 5.05. The summed E-state index contributed by atoms with van der Waals surface area (Å²) in [5.74, 6) is 0.638. The highest BCUT2D eigenvalue weighted by Gasteiger charge is 2.28. The second-order valence-corrected chi connectivity index (χ2v) is 6.54. The summed E-state index contributed by atoms with van der Waals surface area (Å²) in [5.41, 5.74) is 7.46. The van der Waals surface area contributed by atoms with Crippen LogP contribution in [-0.2, 0) is 4.74 Å². The average Bonchev–Trinajstić information content (AvgIpc) is 2.66. The van der Waals surface area contributed by atoms with Crippen LogP contribution in [0.25, 0.3) is 0 Å². The van der Waals surface area contributed by atoms with Crippen LogP contribution in [0, 0.1) is 0 Å². The Morgan fingerprint density at radius 3 is 2.40 bits per heavy atom. The molecule has 0 amide bonds. The maximum absolute atomic E-state index is 6.20. The predicted octanol–water partition coefficient (Wildman–Crippen LogP) is 3.16. The molecule has 1 aliphatic heterocycles. The van der Waals surface area contributed by atoms with E-state index >= 15 is 0 Å². The number of hydrogen-bond acceptors (Lipinski definition) is 3. The Hall–Kier alpha value is -0.860. The molecule has 1 fully saturated rings. The van der Waals surface area contributed by atoms with E-state index in [0.717, 1.165) is 39.1 Å². The van der Waals surface area contributed by atoms with E-state index in [1.54, 1.807) is 0 Å². The number of rotatable bonds is 7. The molecule has 6 heteroatoms. The molecule has 0 bridgehead atoms. The second-order valence-electron chi connectivity index (χ2n) is 6.54. The van der Waals surface area contributed by atoms with Crippen LogP contribution in [0.2, 0.25) is 0 Å². The Balaban J connectivity index is 0.00000312. The third kappa shape index (κ3) is 6.42. The fourth-order valence-corrected chi connectivity index (χ4v) is 3.13. The molecule has 0 saturated carbocycles. The Morgan fingerprint density at radius 1 is 1.24 bits per heavy atom. The van der Waals surface area contributed by atoms with Gasteiger partial charge in [0.1, 0.15) is 0 Å². The van der Waals surface area contributed by atoms with E-state index in [1.807, 2.05) is 0 Å². The standard InChI is InChI=1S/C19H32N4O.HI/c1-4-19(5-2,22-16(3)17-9-7-6-8-10-17)15-21-18(20)23-11-13-24-14-12-23;/h6-10,16,22H,4-5,11-15H2,1-3H3,(H2,20,21);1H. The van der Waals surface area contributed by atoms with Crippen molar-refractivity contribution in [2.75, 3.05) is 32.8 Å². The fourth-order valence-electron chi connectivity index (χ4n) is 3.13. The van der Waals surface area contributed by atoms with Gasteiger partial charge in [0.25, 0.3) is 0 Å². The van der Waals surface area contributed by atoms with Crippen molar-refractivity contribution in [3.63, 3.8) is 0 Å². The van der Waals surface area contributed by atoms with Crippen LogP contribution < -0.4 is 11.1 Å². The normalized spacial score (nSPS) is 17.1. The van der Waals surface area contributed by atoms with Crippen LogP contribution in [0.15, 0.2) is 35.3 Å². The molecule has 1 heterocycles. The van der Waals surface area contributed by atoms with Gasteiger partial charge in [0.15, 0.2) is 5.96 Å². The van der Waals surface area contributed by atoms with Gasteiger partial charge in [0.05, 0.1) is 19.8 Å². The molecule has 1 aromatic carbocycles. The van der Waals surface area contributed by atoms with E-state index in [9.17, 15) is 0 Å². The molecule has 0 aromatic heterocycles. The number of morpholine rings is 1. The number of ether oxygens (including phenoxy) is 1. The lowest BCUT2D eigenvalue weighted by atomic mass is 9.91. The van der Waals surface area contributed by atoms with Gasteiger partial charge in [-0.05, 0) is 25.3 Å². The van der Waals surface area contributed by atoms with Gasteiger partial charge in [-0.2, -0.15) is 0 Å². The highest BCUT2D eigenvalue weighted by Crippen LogP contribution is 2.22. The van der Waals surface area contributed by atoms with Crippen molar-refractivity contribution in [2.45, 2.75) is 45.2 Å². The minimum absolute atomic E-state index is 0.